The van der Waals surface area contributed by atoms with Gasteiger partial charge in [0.2, 0.25) is 0 Å². The Balaban J connectivity index is 2.28. The van der Waals surface area contributed by atoms with E-state index >= 15 is 0 Å². The number of carboxylic acid groups (broad SMARTS) is 1. The normalized spacial score (nSPS) is 19.8. The number of nitrogens with zero attached hydrogens (tertiary/aromatic N) is 3. The van der Waals surface area contributed by atoms with E-state index in [-0.39, 0.29) is 5.69 Å². The molecule has 0 bridgehead atoms. The average Bonchev–Trinajstić information content (AvgIpc) is 2.71. The number of hydrogen-bond acceptors (Lipinski definition) is 4. The largest absolute Gasteiger partial charge is 0.476 e. The van der Waals surface area contributed by atoms with Crippen molar-refractivity contribution in [3.05, 3.63) is 11.9 Å². The molecule has 1 heterocycles. The van der Waals surface area contributed by atoms with Crippen molar-refractivity contribution in [2.24, 2.45) is 0 Å². The lowest BCUT2D eigenvalue weighted by molar-refractivity contribution is -0.0433. The van der Waals surface area contributed by atoms with Crippen molar-refractivity contribution in [1.29, 1.82) is 0 Å². The van der Waals surface area contributed by atoms with Crippen molar-refractivity contribution in [3.63, 3.8) is 0 Å². The summed E-state index contributed by atoms with van der Waals surface area (Å²) < 4.78 is 1.25. The van der Waals surface area contributed by atoms with Crippen LogP contribution in [0, 0.1) is 0 Å². The topological polar surface area (TPSA) is 88.2 Å². The number of carboxylic acids is 1. The summed E-state index contributed by atoms with van der Waals surface area (Å²) in [4.78, 5) is 10.5. The summed E-state index contributed by atoms with van der Waals surface area (Å²) >= 11 is 0. The standard InChI is InChI=1S/C8H11N3O3/c12-7(13)6-5-11(10-9-6)8(14)3-1-2-4-8/h5,14H,1-4H2,(H,12,13). The first-order valence-electron chi connectivity index (χ1n) is 4.50. The molecule has 2 N–H and O–H groups in total. The van der Waals surface area contributed by atoms with Gasteiger partial charge in [-0.15, -0.1) is 5.10 Å². The van der Waals surface area contributed by atoms with Crippen LogP contribution < -0.4 is 0 Å². The summed E-state index contributed by atoms with van der Waals surface area (Å²) in [6.07, 6.45) is 4.34. The van der Waals surface area contributed by atoms with Crippen LogP contribution in [0.1, 0.15) is 36.2 Å². The molecule has 0 radical (unpaired) electrons. The Morgan fingerprint density at radius 2 is 2.14 bits per heavy atom. The summed E-state index contributed by atoms with van der Waals surface area (Å²) in [7, 11) is 0. The van der Waals surface area contributed by atoms with Crippen LogP contribution >= 0.6 is 0 Å². The maximum atomic E-state index is 10.5. The summed E-state index contributed by atoms with van der Waals surface area (Å²) in [6, 6.07) is 0. The second-order valence-corrected chi connectivity index (χ2v) is 3.54. The Bertz CT molecular complexity index is 354. The van der Waals surface area contributed by atoms with Crippen molar-refractivity contribution < 1.29 is 15.0 Å². The minimum Gasteiger partial charge on any atom is -0.476 e. The molecule has 1 fully saturated rings. The van der Waals surface area contributed by atoms with E-state index in [1.165, 1.54) is 10.9 Å². The summed E-state index contributed by atoms with van der Waals surface area (Å²) in [5, 5.41) is 25.7. The molecule has 1 aliphatic rings. The first kappa shape index (κ1) is 9.14. The van der Waals surface area contributed by atoms with Gasteiger partial charge in [-0.1, -0.05) is 5.21 Å². The van der Waals surface area contributed by atoms with Crippen LogP contribution in [-0.4, -0.2) is 31.2 Å². The third kappa shape index (κ3) is 1.37. The van der Waals surface area contributed by atoms with Crippen molar-refractivity contribution in [2.45, 2.75) is 31.4 Å². The van der Waals surface area contributed by atoms with E-state index in [9.17, 15) is 9.90 Å². The van der Waals surface area contributed by atoms with Crippen LogP contribution in [0.5, 0.6) is 0 Å². The van der Waals surface area contributed by atoms with Gasteiger partial charge in [-0.25, -0.2) is 9.48 Å². The molecule has 6 nitrogen and oxygen atoms in total. The smallest absolute Gasteiger partial charge is 0.358 e. The van der Waals surface area contributed by atoms with E-state index in [0.717, 1.165) is 12.8 Å². The maximum Gasteiger partial charge on any atom is 0.358 e. The van der Waals surface area contributed by atoms with Gasteiger partial charge in [-0.2, -0.15) is 0 Å². The number of carbonyl (C=O) groups is 1. The molecule has 0 aromatic carbocycles. The molecule has 6 heteroatoms. The van der Waals surface area contributed by atoms with Gasteiger partial charge in [-0.3, -0.25) is 0 Å². The first-order valence-corrected chi connectivity index (χ1v) is 4.50. The Hall–Kier alpha value is -1.43. The van der Waals surface area contributed by atoms with Crippen molar-refractivity contribution in [2.75, 3.05) is 0 Å². The van der Waals surface area contributed by atoms with Gasteiger partial charge in [0.1, 0.15) is 0 Å². The van der Waals surface area contributed by atoms with E-state index in [4.69, 9.17) is 5.11 Å². The van der Waals surface area contributed by atoms with Crippen LogP contribution in [0.4, 0.5) is 0 Å². The van der Waals surface area contributed by atoms with E-state index in [1.54, 1.807) is 0 Å². The summed E-state index contributed by atoms with van der Waals surface area (Å²) in [6.45, 7) is 0. The van der Waals surface area contributed by atoms with Crippen LogP contribution in [0.15, 0.2) is 6.20 Å². The Labute approximate surface area is 80.2 Å². The molecule has 76 valence electrons. The highest BCUT2D eigenvalue weighted by molar-refractivity contribution is 5.84. The van der Waals surface area contributed by atoms with Gasteiger partial charge in [-0.05, 0) is 25.7 Å². The van der Waals surface area contributed by atoms with E-state index in [0.29, 0.717) is 12.8 Å². The Morgan fingerprint density at radius 1 is 1.50 bits per heavy atom. The van der Waals surface area contributed by atoms with Crippen LogP contribution in [0.25, 0.3) is 0 Å². The molecule has 0 atom stereocenters. The monoisotopic (exact) mass is 197 g/mol. The van der Waals surface area contributed by atoms with Crippen LogP contribution in [0.2, 0.25) is 0 Å². The number of rotatable bonds is 2. The van der Waals surface area contributed by atoms with Gasteiger partial charge in [0.05, 0.1) is 6.20 Å². The fourth-order valence-electron chi connectivity index (χ4n) is 1.74. The minimum atomic E-state index is -1.13. The number of aliphatic hydroxyl groups is 1. The fraction of sp³-hybridized carbons (Fsp3) is 0.625. The molecule has 1 aromatic rings. The number of aromatic nitrogens is 3. The van der Waals surface area contributed by atoms with E-state index < -0.39 is 11.7 Å². The van der Waals surface area contributed by atoms with Crippen LogP contribution in [0.3, 0.4) is 0 Å². The van der Waals surface area contributed by atoms with E-state index in [2.05, 4.69) is 10.3 Å². The molecule has 2 rings (SSSR count). The molecular weight excluding hydrogens is 186 g/mol. The highest BCUT2D eigenvalue weighted by Gasteiger charge is 2.34. The zero-order valence-corrected chi connectivity index (χ0v) is 7.55. The Kier molecular flexibility index (Phi) is 1.99. The summed E-state index contributed by atoms with van der Waals surface area (Å²) in [5.74, 6) is -1.13. The molecule has 1 aliphatic carbocycles. The molecule has 1 saturated carbocycles. The number of hydrogen-bond donors (Lipinski definition) is 2. The van der Waals surface area contributed by atoms with Gasteiger partial charge in [0.25, 0.3) is 0 Å². The maximum absolute atomic E-state index is 10.5. The zero-order valence-electron chi connectivity index (χ0n) is 7.55. The lowest BCUT2D eigenvalue weighted by Crippen LogP contribution is -2.30. The molecule has 14 heavy (non-hydrogen) atoms. The zero-order chi connectivity index (χ0) is 10.2. The lowest BCUT2D eigenvalue weighted by atomic mass is 10.2. The fourth-order valence-corrected chi connectivity index (χ4v) is 1.74. The SMILES string of the molecule is O=C(O)c1cn(C2(O)CCCC2)nn1. The molecule has 0 amide bonds. The number of aromatic carboxylic acids is 1. The lowest BCUT2D eigenvalue weighted by Gasteiger charge is -2.21. The molecule has 0 saturated heterocycles. The third-order valence-corrected chi connectivity index (χ3v) is 2.54. The van der Waals surface area contributed by atoms with Crippen molar-refractivity contribution >= 4 is 5.97 Å². The highest BCUT2D eigenvalue weighted by Crippen LogP contribution is 2.33. The predicted molar refractivity (Wildman–Crippen MR) is 45.6 cm³/mol. The quantitative estimate of drug-likeness (QED) is 0.706. The molecule has 1 aromatic heterocycles. The molecule has 0 spiro atoms. The molecular formula is C8H11N3O3. The van der Waals surface area contributed by atoms with Gasteiger partial charge in [0.15, 0.2) is 11.4 Å². The predicted octanol–water partition coefficient (Wildman–Crippen LogP) is 0.195. The average molecular weight is 197 g/mol. The highest BCUT2D eigenvalue weighted by atomic mass is 16.4. The second-order valence-electron chi connectivity index (χ2n) is 3.54. The van der Waals surface area contributed by atoms with Crippen molar-refractivity contribution in [3.8, 4) is 0 Å². The third-order valence-electron chi connectivity index (χ3n) is 2.54. The first-order chi connectivity index (χ1) is 6.62. The summed E-state index contributed by atoms with van der Waals surface area (Å²) in [5.41, 5.74) is -1.16. The van der Waals surface area contributed by atoms with Crippen LogP contribution in [-0.2, 0) is 5.72 Å². The second kappa shape index (κ2) is 3.06. The van der Waals surface area contributed by atoms with Gasteiger partial charge < -0.3 is 10.2 Å². The van der Waals surface area contributed by atoms with E-state index in [1.807, 2.05) is 0 Å². The van der Waals surface area contributed by atoms with Gasteiger partial charge in [0, 0.05) is 0 Å². The Morgan fingerprint density at radius 3 is 2.64 bits per heavy atom. The van der Waals surface area contributed by atoms with Gasteiger partial charge >= 0.3 is 5.97 Å². The molecule has 0 aliphatic heterocycles. The van der Waals surface area contributed by atoms with Crippen molar-refractivity contribution in [1.82, 2.24) is 15.0 Å². The molecule has 0 unspecified atom stereocenters. The minimum absolute atomic E-state index is 0.134.